The third-order valence-corrected chi connectivity index (χ3v) is 4.77. The maximum absolute atomic E-state index is 11.7. The van der Waals surface area contributed by atoms with Crippen LogP contribution in [-0.4, -0.2) is 54.6 Å². The molecule has 1 rings (SSSR count). The van der Waals surface area contributed by atoms with Gasteiger partial charge in [-0.15, -0.1) is 0 Å². The lowest BCUT2D eigenvalue weighted by molar-refractivity contribution is -0.142. The number of rotatable bonds is 6. The molecule has 1 amide bonds. The van der Waals surface area contributed by atoms with Gasteiger partial charge in [0, 0.05) is 6.54 Å². The topological polar surface area (TPSA) is 104 Å². The highest BCUT2D eigenvalue weighted by atomic mass is 32.2. The molecule has 1 unspecified atom stereocenters. The van der Waals surface area contributed by atoms with Crippen LogP contribution in [0, 0.1) is 5.92 Å². The largest absolute Gasteiger partial charge is 0.480 e. The third kappa shape index (κ3) is 4.79. The lowest BCUT2D eigenvalue weighted by atomic mass is 10.0. The maximum Gasteiger partial charge on any atom is 0.326 e. The lowest BCUT2D eigenvalue weighted by Crippen LogP contribution is -2.46. The number of hydrogen-bond acceptors (Lipinski definition) is 4. The summed E-state index contributed by atoms with van der Waals surface area (Å²) in [6.45, 7) is 3.72. The Morgan fingerprint density at radius 1 is 1.37 bits per heavy atom. The Bertz CT molecular complexity index is 446. The average molecular weight is 292 g/mol. The molecule has 0 aliphatic carbocycles. The van der Waals surface area contributed by atoms with Gasteiger partial charge in [0.2, 0.25) is 15.9 Å². The molecule has 110 valence electrons. The Labute approximate surface area is 113 Å². The summed E-state index contributed by atoms with van der Waals surface area (Å²) >= 11 is 0. The normalized spacial score (nSPS) is 20.4. The number of carboxylic acid groups (broad SMARTS) is 1. The van der Waals surface area contributed by atoms with Crippen LogP contribution < -0.4 is 5.32 Å². The second kappa shape index (κ2) is 6.33. The first kappa shape index (κ1) is 15.9. The van der Waals surface area contributed by atoms with E-state index in [4.69, 9.17) is 5.11 Å². The van der Waals surface area contributed by atoms with Gasteiger partial charge in [0.25, 0.3) is 0 Å². The summed E-state index contributed by atoms with van der Waals surface area (Å²) in [5, 5.41) is 11.4. The van der Waals surface area contributed by atoms with Gasteiger partial charge >= 0.3 is 5.97 Å². The summed E-state index contributed by atoms with van der Waals surface area (Å²) in [5.74, 6) is -1.50. The highest BCUT2D eigenvalue weighted by molar-refractivity contribution is 7.89. The predicted molar refractivity (Wildman–Crippen MR) is 69.0 cm³/mol. The molecule has 0 aromatic carbocycles. The van der Waals surface area contributed by atoms with Crippen molar-refractivity contribution in [2.45, 2.75) is 32.7 Å². The highest BCUT2D eigenvalue weighted by Gasteiger charge is 2.31. The van der Waals surface area contributed by atoms with Crippen molar-refractivity contribution in [2.24, 2.45) is 5.92 Å². The number of carbonyl (C=O) groups excluding carboxylic acids is 1. The van der Waals surface area contributed by atoms with Crippen LogP contribution in [0.5, 0.6) is 0 Å². The monoisotopic (exact) mass is 292 g/mol. The van der Waals surface area contributed by atoms with E-state index < -0.39 is 27.9 Å². The smallest absolute Gasteiger partial charge is 0.326 e. The van der Waals surface area contributed by atoms with Crippen molar-refractivity contribution in [2.75, 3.05) is 18.8 Å². The molecule has 0 spiro atoms. The molecular formula is C11H20N2O5S. The number of aliphatic carboxylic acids is 1. The van der Waals surface area contributed by atoms with Crippen LogP contribution in [-0.2, 0) is 19.6 Å². The maximum atomic E-state index is 11.7. The van der Waals surface area contributed by atoms with E-state index in [-0.39, 0.29) is 18.2 Å². The second-order valence-corrected chi connectivity index (χ2v) is 7.18. The summed E-state index contributed by atoms with van der Waals surface area (Å²) in [6.07, 6.45) is 0.817. The molecule has 1 atom stereocenters. The van der Waals surface area contributed by atoms with Gasteiger partial charge in [-0.25, -0.2) is 13.2 Å². The van der Waals surface area contributed by atoms with Crippen molar-refractivity contribution < 1.29 is 23.1 Å². The van der Waals surface area contributed by atoms with Crippen molar-refractivity contribution >= 4 is 21.9 Å². The van der Waals surface area contributed by atoms with E-state index >= 15 is 0 Å². The Hall–Kier alpha value is -1.15. The predicted octanol–water partition coefficient (Wildman–Crippen LogP) is -0.363. The van der Waals surface area contributed by atoms with E-state index in [9.17, 15) is 18.0 Å². The number of hydrogen-bond donors (Lipinski definition) is 2. The molecule has 1 saturated heterocycles. The molecule has 0 aromatic rings. The van der Waals surface area contributed by atoms with Gasteiger partial charge in [-0.2, -0.15) is 4.31 Å². The molecule has 2 N–H and O–H groups in total. The molecular weight excluding hydrogens is 272 g/mol. The fraction of sp³-hybridized carbons (Fsp3) is 0.818. The van der Waals surface area contributed by atoms with E-state index in [0.717, 1.165) is 4.31 Å². The van der Waals surface area contributed by atoms with Gasteiger partial charge in [-0.3, -0.25) is 4.79 Å². The van der Waals surface area contributed by atoms with Crippen LogP contribution in [0.1, 0.15) is 26.7 Å². The molecule has 0 aromatic heterocycles. The minimum Gasteiger partial charge on any atom is -0.480 e. The number of amides is 1. The van der Waals surface area contributed by atoms with Crippen molar-refractivity contribution in [3.8, 4) is 0 Å². The SMILES string of the molecule is CC(C)CC(NC(=O)CN1CCCS1(=O)=O)C(=O)O. The van der Waals surface area contributed by atoms with Crippen molar-refractivity contribution in [3.63, 3.8) is 0 Å². The summed E-state index contributed by atoms with van der Waals surface area (Å²) in [4.78, 5) is 22.7. The molecule has 0 radical (unpaired) electrons. The molecule has 1 heterocycles. The van der Waals surface area contributed by atoms with E-state index in [1.54, 1.807) is 0 Å². The summed E-state index contributed by atoms with van der Waals surface area (Å²) in [6, 6.07) is -0.974. The number of carbonyl (C=O) groups is 2. The first-order valence-electron chi connectivity index (χ1n) is 6.22. The zero-order chi connectivity index (χ0) is 14.6. The van der Waals surface area contributed by atoms with E-state index in [1.807, 2.05) is 13.8 Å². The molecule has 0 saturated carbocycles. The standard InChI is InChI=1S/C11H20N2O5S/c1-8(2)6-9(11(15)16)12-10(14)7-13-4-3-5-19(13,17)18/h8-9H,3-7H2,1-2H3,(H,12,14)(H,15,16). The van der Waals surface area contributed by atoms with Crippen LogP contribution in [0.25, 0.3) is 0 Å². The Balaban J connectivity index is 2.56. The van der Waals surface area contributed by atoms with Gasteiger partial charge in [0.1, 0.15) is 6.04 Å². The molecule has 1 fully saturated rings. The fourth-order valence-corrected chi connectivity index (χ4v) is 3.44. The molecule has 1 aliphatic rings. The minimum absolute atomic E-state index is 0.0502. The lowest BCUT2D eigenvalue weighted by Gasteiger charge is -2.19. The second-order valence-electron chi connectivity index (χ2n) is 5.09. The first-order valence-corrected chi connectivity index (χ1v) is 7.83. The Morgan fingerprint density at radius 2 is 2.00 bits per heavy atom. The van der Waals surface area contributed by atoms with Crippen LogP contribution >= 0.6 is 0 Å². The molecule has 19 heavy (non-hydrogen) atoms. The van der Waals surface area contributed by atoms with Gasteiger partial charge in [0.05, 0.1) is 12.3 Å². The van der Waals surface area contributed by atoms with Crippen molar-refractivity contribution in [1.29, 1.82) is 0 Å². The molecule has 0 bridgehead atoms. The average Bonchev–Trinajstić information content (AvgIpc) is 2.56. The Morgan fingerprint density at radius 3 is 2.42 bits per heavy atom. The van der Waals surface area contributed by atoms with E-state index in [0.29, 0.717) is 19.4 Å². The molecule has 1 aliphatic heterocycles. The van der Waals surface area contributed by atoms with E-state index in [1.165, 1.54) is 0 Å². The molecule has 7 nitrogen and oxygen atoms in total. The number of nitrogens with one attached hydrogen (secondary N) is 1. The summed E-state index contributed by atoms with van der Waals surface area (Å²) in [5.41, 5.74) is 0. The molecule has 8 heteroatoms. The van der Waals surface area contributed by atoms with Gasteiger partial charge in [-0.1, -0.05) is 13.8 Å². The van der Waals surface area contributed by atoms with E-state index in [2.05, 4.69) is 5.32 Å². The summed E-state index contributed by atoms with van der Waals surface area (Å²) in [7, 11) is -3.34. The van der Waals surface area contributed by atoms with Crippen LogP contribution in [0.2, 0.25) is 0 Å². The fourth-order valence-electron chi connectivity index (χ4n) is 1.96. The van der Waals surface area contributed by atoms with Gasteiger partial charge in [-0.05, 0) is 18.8 Å². The van der Waals surface area contributed by atoms with Gasteiger partial charge in [0.15, 0.2) is 0 Å². The highest BCUT2D eigenvalue weighted by Crippen LogP contribution is 2.12. The van der Waals surface area contributed by atoms with Crippen LogP contribution in [0.4, 0.5) is 0 Å². The van der Waals surface area contributed by atoms with Crippen molar-refractivity contribution in [1.82, 2.24) is 9.62 Å². The van der Waals surface area contributed by atoms with Crippen molar-refractivity contribution in [3.05, 3.63) is 0 Å². The third-order valence-electron chi connectivity index (χ3n) is 2.86. The number of nitrogens with zero attached hydrogens (tertiary/aromatic N) is 1. The number of sulfonamides is 1. The number of carboxylic acids is 1. The zero-order valence-electron chi connectivity index (χ0n) is 11.1. The first-order chi connectivity index (χ1) is 8.72. The van der Waals surface area contributed by atoms with Crippen LogP contribution in [0.3, 0.4) is 0 Å². The summed E-state index contributed by atoms with van der Waals surface area (Å²) < 4.78 is 24.1. The minimum atomic E-state index is -3.34. The van der Waals surface area contributed by atoms with Gasteiger partial charge < -0.3 is 10.4 Å². The van der Waals surface area contributed by atoms with Crippen LogP contribution in [0.15, 0.2) is 0 Å². The Kier molecular flexibility index (Phi) is 5.30. The zero-order valence-corrected chi connectivity index (χ0v) is 11.9. The quantitative estimate of drug-likeness (QED) is 0.695.